The maximum absolute atomic E-state index is 5.25. The average molecular weight is 219 g/mol. The van der Waals surface area contributed by atoms with E-state index < -0.39 is 0 Å². The molecule has 2 aromatic heterocycles. The summed E-state index contributed by atoms with van der Waals surface area (Å²) in [6, 6.07) is 0. The third-order valence-electron chi connectivity index (χ3n) is 2.53. The molecule has 0 spiro atoms. The van der Waals surface area contributed by atoms with Crippen molar-refractivity contribution in [2.24, 2.45) is 0 Å². The van der Waals surface area contributed by atoms with Crippen LogP contribution in [0.25, 0.3) is 11.6 Å². The van der Waals surface area contributed by atoms with E-state index in [-0.39, 0.29) is 0 Å². The quantitative estimate of drug-likeness (QED) is 0.841. The molecule has 4 nitrogen and oxygen atoms in total. The van der Waals surface area contributed by atoms with Crippen LogP contribution in [-0.2, 0) is 12.8 Å². The molecule has 0 aromatic carbocycles. The van der Waals surface area contributed by atoms with Crippen molar-refractivity contribution < 1.29 is 4.52 Å². The van der Waals surface area contributed by atoms with E-state index in [4.69, 9.17) is 4.52 Å². The lowest BCUT2D eigenvalue weighted by Gasteiger charge is -1.95. The highest BCUT2D eigenvalue weighted by Gasteiger charge is 2.13. The minimum atomic E-state index is 0.782. The third kappa shape index (κ3) is 2.15. The molecule has 0 saturated carbocycles. The first-order valence-corrected chi connectivity index (χ1v) is 5.83. The molecule has 0 radical (unpaired) electrons. The van der Waals surface area contributed by atoms with Crippen LogP contribution in [-0.4, -0.2) is 15.1 Å². The van der Waals surface area contributed by atoms with E-state index in [0.29, 0.717) is 0 Å². The molecule has 0 aliphatic rings. The Morgan fingerprint density at radius 1 is 1.19 bits per heavy atom. The van der Waals surface area contributed by atoms with Gasteiger partial charge in [0.1, 0.15) is 0 Å². The highest BCUT2D eigenvalue weighted by atomic mass is 16.5. The largest absolute Gasteiger partial charge is 0.353 e. The van der Waals surface area contributed by atoms with Crippen molar-refractivity contribution in [3.05, 3.63) is 23.7 Å². The first-order valence-electron chi connectivity index (χ1n) is 5.83. The maximum atomic E-state index is 5.25. The Balaban J connectivity index is 2.24. The van der Waals surface area contributed by atoms with E-state index in [0.717, 1.165) is 48.5 Å². The van der Waals surface area contributed by atoms with Gasteiger partial charge < -0.3 is 9.51 Å². The second-order valence-electron chi connectivity index (χ2n) is 3.94. The molecule has 2 aromatic rings. The molecule has 1 N–H and O–H groups in total. The van der Waals surface area contributed by atoms with Gasteiger partial charge in [0.15, 0.2) is 5.82 Å². The van der Waals surface area contributed by atoms with Gasteiger partial charge in [0.25, 0.3) is 0 Å². The summed E-state index contributed by atoms with van der Waals surface area (Å²) < 4.78 is 5.25. The van der Waals surface area contributed by atoms with Gasteiger partial charge in [-0.1, -0.05) is 31.8 Å². The fourth-order valence-electron chi connectivity index (χ4n) is 1.77. The minimum absolute atomic E-state index is 0.782. The Morgan fingerprint density at radius 2 is 2.00 bits per heavy atom. The molecule has 0 fully saturated rings. The van der Waals surface area contributed by atoms with E-state index >= 15 is 0 Å². The van der Waals surface area contributed by atoms with E-state index in [1.165, 1.54) is 0 Å². The highest BCUT2D eigenvalue weighted by molar-refractivity contribution is 5.51. The Morgan fingerprint density at radius 3 is 2.75 bits per heavy atom. The second-order valence-corrected chi connectivity index (χ2v) is 3.94. The SMILES string of the molecule is CCCc1cnc(-c2oncc2CCC)[nH]1. The lowest BCUT2D eigenvalue weighted by Crippen LogP contribution is -1.87. The van der Waals surface area contributed by atoms with Crippen LogP contribution in [0.3, 0.4) is 0 Å². The van der Waals surface area contributed by atoms with Gasteiger partial charge in [-0.05, 0) is 12.8 Å². The standard InChI is InChI=1S/C12H17N3O/c1-3-5-9-7-14-16-11(9)12-13-8-10(15-12)6-4-2/h7-8H,3-6H2,1-2H3,(H,13,15). The Hall–Kier alpha value is -1.58. The molecule has 0 amide bonds. The van der Waals surface area contributed by atoms with E-state index in [1.54, 1.807) is 6.20 Å². The van der Waals surface area contributed by atoms with Crippen molar-refractivity contribution in [2.75, 3.05) is 0 Å². The van der Waals surface area contributed by atoms with Crippen molar-refractivity contribution >= 4 is 0 Å². The predicted octanol–water partition coefficient (Wildman–Crippen LogP) is 2.97. The number of nitrogens with one attached hydrogen (secondary N) is 1. The highest BCUT2D eigenvalue weighted by Crippen LogP contribution is 2.21. The molecular formula is C12H17N3O. The van der Waals surface area contributed by atoms with Crippen LogP contribution >= 0.6 is 0 Å². The van der Waals surface area contributed by atoms with Gasteiger partial charge in [-0.15, -0.1) is 0 Å². The summed E-state index contributed by atoms with van der Waals surface area (Å²) >= 11 is 0. The number of nitrogens with zero attached hydrogens (tertiary/aromatic N) is 2. The Labute approximate surface area is 95.1 Å². The number of aromatic amines is 1. The molecule has 86 valence electrons. The average Bonchev–Trinajstić information content (AvgIpc) is 2.87. The van der Waals surface area contributed by atoms with Crippen LogP contribution < -0.4 is 0 Å². The van der Waals surface area contributed by atoms with E-state index in [9.17, 15) is 0 Å². The summed E-state index contributed by atoms with van der Waals surface area (Å²) in [5.74, 6) is 1.58. The summed E-state index contributed by atoms with van der Waals surface area (Å²) in [4.78, 5) is 7.60. The number of rotatable bonds is 5. The normalized spacial score (nSPS) is 10.9. The van der Waals surface area contributed by atoms with Crippen LogP contribution in [0.5, 0.6) is 0 Å². The summed E-state index contributed by atoms with van der Waals surface area (Å²) in [6.45, 7) is 4.29. The fourth-order valence-corrected chi connectivity index (χ4v) is 1.77. The van der Waals surface area contributed by atoms with Gasteiger partial charge in [-0.3, -0.25) is 0 Å². The number of aryl methyl sites for hydroxylation is 2. The predicted molar refractivity (Wildman–Crippen MR) is 62.1 cm³/mol. The van der Waals surface area contributed by atoms with Gasteiger partial charge in [-0.25, -0.2) is 4.98 Å². The molecule has 2 heterocycles. The zero-order valence-corrected chi connectivity index (χ0v) is 9.79. The third-order valence-corrected chi connectivity index (χ3v) is 2.53. The van der Waals surface area contributed by atoms with Crippen LogP contribution in [0.15, 0.2) is 16.9 Å². The summed E-state index contributed by atoms with van der Waals surface area (Å²) in [5, 5.41) is 3.84. The van der Waals surface area contributed by atoms with Crippen LogP contribution in [0.2, 0.25) is 0 Å². The monoisotopic (exact) mass is 219 g/mol. The van der Waals surface area contributed by atoms with E-state index in [1.807, 2.05) is 6.20 Å². The van der Waals surface area contributed by atoms with Gasteiger partial charge in [0.2, 0.25) is 5.76 Å². The summed E-state index contributed by atoms with van der Waals surface area (Å²) in [6.07, 6.45) is 7.83. The maximum Gasteiger partial charge on any atom is 0.205 e. The number of hydrogen-bond acceptors (Lipinski definition) is 3. The minimum Gasteiger partial charge on any atom is -0.353 e. The molecular weight excluding hydrogens is 202 g/mol. The summed E-state index contributed by atoms with van der Waals surface area (Å²) in [5.41, 5.74) is 2.27. The zero-order valence-electron chi connectivity index (χ0n) is 9.79. The summed E-state index contributed by atoms with van der Waals surface area (Å²) in [7, 11) is 0. The van der Waals surface area contributed by atoms with Gasteiger partial charge in [0, 0.05) is 17.5 Å². The lowest BCUT2D eigenvalue weighted by atomic mass is 10.1. The van der Waals surface area contributed by atoms with Crippen LogP contribution in [0.1, 0.15) is 37.9 Å². The number of aromatic nitrogens is 3. The second kappa shape index (κ2) is 4.96. The first kappa shape index (κ1) is 10.9. The van der Waals surface area contributed by atoms with Crippen molar-refractivity contribution in [1.82, 2.24) is 15.1 Å². The van der Waals surface area contributed by atoms with Crippen LogP contribution in [0.4, 0.5) is 0 Å². The number of H-pyrrole nitrogens is 1. The molecule has 0 bridgehead atoms. The molecule has 0 aliphatic heterocycles. The van der Waals surface area contributed by atoms with Gasteiger partial charge in [-0.2, -0.15) is 0 Å². The Kier molecular flexibility index (Phi) is 3.39. The van der Waals surface area contributed by atoms with Crippen LogP contribution in [0, 0.1) is 0 Å². The molecule has 4 heteroatoms. The molecule has 0 aliphatic carbocycles. The first-order chi connectivity index (χ1) is 7.85. The fraction of sp³-hybridized carbons (Fsp3) is 0.500. The van der Waals surface area contributed by atoms with Crippen molar-refractivity contribution in [1.29, 1.82) is 0 Å². The molecule has 16 heavy (non-hydrogen) atoms. The molecule has 2 rings (SSSR count). The van der Waals surface area contributed by atoms with Gasteiger partial charge in [0.05, 0.1) is 6.20 Å². The van der Waals surface area contributed by atoms with Crippen molar-refractivity contribution in [3.8, 4) is 11.6 Å². The smallest absolute Gasteiger partial charge is 0.205 e. The van der Waals surface area contributed by atoms with Crippen molar-refractivity contribution in [3.63, 3.8) is 0 Å². The topological polar surface area (TPSA) is 54.7 Å². The van der Waals surface area contributed by atoms with Gasteiger partial charge >= 0.3 is 0 Å². The number of imidazole rings is 1. The van der Waals surface area contributed by atoms with E-state index in [2.05, 4.69) is 29.0 Å². The number of hydrogen-bond donors (Lipinski definition) is 1. The molecule has 0 atom stereocenters. The molecule has 0 unspecified atom stereocenters. The molecule has 0 saturated heterocycles. The Bertz CT molecular complexity index is 445. The zero-order chi connectivity index (χ0) is 11.4. The lowest BCUT2D eigenvalue weighted by molar-refractivity contribution is 0.429. The van der Waals surface area contributed by atoms with Crippen molar-refractivity contribution in [2.45, 2.75) is 39.5 Å².